The summed E-state index contributed by atoms with van der Waals surface area (Å²) in [5, 5.41) is 6.63. The summed E-state index contributed by atoms with van der Waals surface area (Å²) in [4.78, 5) is 13.6. The molecule has 0 spiro atoms. The van der Waals surface area contributed by atoms with Gasteiger partial charge in [-0.1, -0.05) is 182 Å². The second kappa shape index (κ2) is 16.0. The number of carbonyl (C=O) groups excluding carboxylic acids is 1. The highest BCUT2D eigenvalue weighted by atomic mass is 32.2. The van der Waals surface area contributed by atoms with E-state index < -0.39 is 15.5 Å². The molecule has 1 amide bonds. The van der Waals surface area contributed by atoms with Gasteiger partial charge in [0.15, 0.2) is 0 Å². The molecule has 0 saturated carbocycles. The molecular formula is C43H40N2OS2. The Morgan fingerprint density at radius 1 is 0.479 bits per heavy atom. The van der Waals surface area contributed by atoms with E-state index in [1.165, 1.54) is 33.4 Å². The third-order valence-electron chi connectivity index (χ3n) is 8.73. The zero-order valence-corrected chi connectivity index (χ0v) is 28.7. The van der Waals surface area contributed by atoms with Crippen molar-refractivity contribution in [3.63, 3.8) is 0 Å². The van der Waals surface area contributed by atoms with Crippen molar-refractivity contribution in [2.45, 2.75) is 15.5 Å². The van der Waals surface area contributed by atoms with Gasteiger partial charge < -0.3 is 5.32 Å². The average Bonchev–Trinajstić information content (AvgIpc) is 3.18. The number of hydrogen-bond donors (Lipinski definition) is 2. The van der Waals surface area contributed by atoms with E-state index in [4.69, 9.17) is 0 Å². The molecule has 0 saturated heterocycles. The van der Waals surface area contributed by atoms with Gasteiger partial charge >= 0.3 is 0 Å². The lowest BCUT2D eigenvalue weighted by molar-refractivity contribution is -0.122. The van der Waals surface area contributed by atoms with E-state index in [2.05, 4.69) is 193 Å². The molecule has 0 aliphatic carbocycles. The van der Waals surface area contributed by atoms with Crippen LogP contribution in [0, 0.1) is 0 Å². The van der Waals surface area contributed by atoms with Crippen LogP contribution in [0.4, 0.5) is 0 Å². The van der Waals surface area contributed by atoms with Crippen LogP contribution in [0.1, 0.15) is 33.4 Å². The second-order valence-electron chi connectivity index (χ2n) is 11.5. The number of hydrogen-bond acceptors (Lipinski definition) is 4. The van der Waals surface area contributed by atoms with Crippen LogP contribution < -0.4 is 10.6 Å². The van der Waals surface area contributed by atoms with E-state index in [0.29, 0.717) is 11.6 Å². The van der Waals surface area contributed by atoms with Crippen molar-refractivity contribution in [1.29, 1.82) is 0 Å². The summed E-state index contributed by atoms with van der Waals surface area (Å²) in [7, 11) is 1.72. The molecule has 1 unspecified atom stereocenters. The SMILES string of the molecule is CNC(=O)C(CSC(c1ccccc1)(c1ccccc1)c1ccccc1)NCSC(c1ccccc1)(c1ccccc1)c1ccccc1. The van der Waals surface area contributed by atoms with Crippen molar-refractivity contribution >= 4 is 29.4 Å². The molecule has 0 aliphatic heterocycles. The summed E-state index contributed by atoms with van der Waals surface area (Å²) in [5.74, 6) is 1.07. The first-order chi connectivity index (χ1) is 23.7. The summed E-state index contributed by atoms with van der Waals surface area (Å²) >= 11 is 3.60. The van der Waals surface area contributed by atoms with Gasteiger partial charge in [0.25, 0.3) is 0 Å². The predicted molar refractivity (Wildman–Crippen MR) is 204 cm³/mol. The molecule has 0 bridgehead atoms. The van der Waals surface area contributed by atoms with E-state index in [-0.39, 0.29) is 5.91 Å². The number of likely N-dealkylation sites (N-methyl/N-ethyl adjacent to an activating group) is 1. The van der Waals surface area contributed by atoms with Crippen molar-refractivity contribution < 1.29 is 4.79 Å². The van der Waals surface area contributed by atoms with Crippen molar-refractivity contribution in [2.24, 2.45) is 0 Å². The summed E-state index contributed by atoms with van der Waals surface area (Å²) in [6, 6.07) is 63.5. The number of thioether (sulfide) groups is 2. The first-order valence-electron chi connectivity index (χ1n) is 16.2. The van der Waals surface area contributed by atoms with Crippen molar-refractivity contribution in [2.75, 3.05) is 18.7 Å². The first kappa shape index (κ1) is 33.4. The zero-order valence-electron chi connectivity index (χ0n) is 27.0. The highest BCUT2D eigenvalue weighted by Gasteiger charge is 2.39. The van der Waals surface area contributed by atoms with E-state index in [1.807, 2.05) is 0 Å². The first-order valence-corrected chi connectivity index (χ1v) is 18.2. The number of amides is 1. The molecule has 6 aromatic carbocycles. The van der Waals surface area contributed by atoms with Crippen LogP contribution in [0.3, 0.4) is 0 Å². The minimum atomic E-state index is -0.521. The lowest BCUT2D eigenvalue weighted by Crippen LogP contribution is -2.46. The number of carbonyl (C=O) groups is 1. The van der Waals surface area contributed by atoms with Gasteiger partial charge in [0.1, 0.15) is 0 Å². The Bertz CT molecular complexity index is 1650. The summed E-state index contributed by atoms with van der Waals surface area (Å²) in [6.45, 7) is 0. The summed E-state index contributed by atoms with van der Waals surface area (Å²) in [5.41, 5.74) is 7.10. The maximum Gasteiger partial charge on any atom is 0.237 e. The highest BCUT2D eigenvalue weighted by molar-refractivity contribution is 8.01. The van der Waals surface area contributed by atoms with Gasteiger partial charge in [-0.05, 0) is 33.4 Å². The maximum atomic E-state index is 13.6. The quantitative estimate of drug-likeness (QED) is 0.0901. The van der Waals surface area contributed by atoms with Gasteiger partial charge in [-0.15, -0.1) is 23.5 Å². The third kappa shape index (κ3) is 7.00. The Hall–Kier alpha value is -4.55. The van der Waals surface area contributed by atoms with E-state index in [9.17, 15) is 4.79 Å². The second-order valence-corrected chi connectivity index (χ2v) is 14.0. The molecule has 0 aromatic heterocycles. The van der Waals surface area contributed by atoms with Crippen LogP contribution in [0.5, 0.6) is 0 Å². The van der Waals surface area contributed by atoms with Crippen molar-refractivity contribution in [3.8, 4) is 0 Å². The number of nitrogens with one attached hydrogen (secondary N) is 2. The van der Waals surface area contributed by atoms with Crippen molar-refractivity contribution in [1.82, 2.24) is 10.6 Å². The van der Waals surface area contributed by atoms with Gasteiger partial charge in [-0.2, -0.15) is 0 Å². The average molecular weight is 665 g/mol. The molecule has 2 N–H and O–H groups in total. The van der Waals surface area contributed by atoms with Crippen LogP contribution in [0.25, 0.3) is 0 Å². The number of rotatable bonds is 14. The Kier molecular flexibility index (Phi) is 11.1. The highest BCUT2D eigenvalue weighted by Crippen LogP contribution is 2.50. The lowest BCUT2D eigenvalue weighted by Gasteiger charge is -2.37. The Balaban J connectivity index is 1.35. The molecule has 0 aliphatic rings. The zero-order chi connectivity index (χ0) is 33.1. The minimum Gasteiger partial charge on any atom is -0.358 e. The fraction of sp³-hybridized carbons (Fsp3) is 0.140. The Labute approximate surface area is 293 Å². The predicted octanol–water partition coefficient (Wildman–Crippen LogP) is 9.10. The van der Waals surface area contributed by atoms with Crippen LogP contribution >= 0.6 is 23.5 Å². The fourth-order valence-electron chi connectivity index (χ4n) is 6.40. The molecular weight excluding hydrogens is 625 g/mol. The molecule has 6 rings (SSSR count). The smallest absolute Gasteiger partial charge is 0.237 e. The van der Waals surface area contributed by atoms with Crippen molar-refractivity contribution in [3.05, 3.63) is 215 Å². The standard InChI is InChI=1S/C43H40N2OS2/c1-44-41(46)40(32-47-42(34-20-8-2-9-21-34,35-22-10-3-11-23-35)36-24-12-4-13-25-36)45-33-48-43(37-26-14-5-15-27-37,38-28-16-6-17-29-38)39-30-18-7-19-31-39/h2-31,40,45H,32-33H2,1H3,(H,44,46). The topological polar surface area (TPSA) is 41.1 Å². The van der Waals surface area contributed by atoms with Crippen LogP contribution in [-0.4, -0.2) is 30.6 Å². The van der Waals surface area contributed by atoms with Crippen LogP contribution in [0.2, 0.25) is 0 Å². The molecule has 0 fully saturated rings. The Morgan fingerprint density at radius 3 is 1.02 bits per heavy atom. The Morgan fingerprint density at radius 2 is 0.750 bits per heavy atom. The monoisotopic (exact) mass is 664 g/mol. The van der Waals surface area contributed by atoms with Gasteiger partial charge in [0, 0.05) is 18.7 Å². The molecule has 3 nitrogen and oxygen atoms in total. The van der Waals surface area contributed by atoms with E-state index in [1.54, 1.807) is 30.6 Å². The molecule has 48 heavy (non-hydrogen) atoms. The van der Waals surface area contributed by atoms with Gasteiger partial charge in [-0.3, -0.25) is 10.1 Å². The van der Waals surface area contributed by atoms with E-state index >= 15 is 0 Å². The van der Waals surface area contributed by atoms with Gasteiger partial charge in [-0.25, -0.2) is 0 Å². The molecule has 240 valence electrons. The largest absolute Gasteiger partial charge is 0.358 e. The van der Waals surface area contributed by atoms with Crippen LogP contribution in [-0.2, 0) is 14.3 Å². The minimum absolute atomic E-state index is 0.0316. The third-order valence-corrected chi connectivity index (χ3v) is 11.8. The molecule has 5 heteroatoms. The normalized spacial score (nSPS) is 12.3. The maximum absolute atomic E-state index is 13.6. The molecule has 0 heterocycles. The molecule has 0 radical (unpaired) electrons. The van der Waals surface area contributed by atoms with E-state index in [0.717, 1.165) is 0 Å². The van der Waals surface area contributed by atoms with Gasteiger partial charge in [0.05, 0.1) is 15.5 Å². The van der Waals surface area contributed by atoms with Gasteiger partial charge in [0.2, 0.25) is 5.91 Å². The lowest BCUT2D eigenvalue weighted by atomic mass is 9.84. The fourth-order valence-corrected chi connectivity index (χ4v) is 9.40. The molecule has 6 aromatic rings. The number of benzene rings is 6. The van der Waals surface area contributed by atoms with Crippen LogP contribution in [0.15, 0.2) is 182 Å². The summed E-state index contributed by atoms with van der Waals surface area (Å²) in [6.07, 6.45) is 0. The summed E-state index contributed by atoms with van der Waals surface area (Å²) < 4.78 is -1.01. The molecule has 1 atom stereocenters.